The third-order valence-electron chi connectivity index (χ3n) is 4.97. The summed E-state index contributed by atoms with van der Waals surface area (Å²) in [7, 11) is -1.63. The van der Waals surface area contributed by atoms with Crippen molar-refractivity contribution >= 4 is 10.0 Å². The first-order chi connectivity index (χ1) is 9.95. The number of fused-ring (bicyclic) bond motifs is 1. The zero-order valence-corrected chi connectivity index (χ0v) is 13.8. The van der Waals surface area contributed by atoms with Crippen LogP contribution >= 0.6 is 0 Å². The molecule has 118 valence electrons. The van der Waals surface area contributed by atoms with Crippen molar-refractivity contribution in [3.05, 3.63) is 17.1 Å². The van der Waals surface area contributed by atoms with Crippen LogP contribution in [0.4, 0.5) is 0 Å². The number of nitrogens with zero attached hydrogens (tertiary/aromatic N) is 1. The van der Waals surface area contributed by atoms with Crippen LogP contribution in [0.15, 0.2) is 9.31 Å². The molecule has 2 unspecified atom stereocenters. The summed E-state index contributed by atoms with van der Waals surface area (Å²) in [4.78, 5) is 0.384. The van der Waals surface area contributed by atoms with Gasteiger partial charge in [0.25, 0.3) is 0 Å². The quantitative estimate of drug-likeness (QED) is 0.924. The van der Waals surface area contributed by atoms with Gasteiger partial charge in [0.05, 0.1) is 0 Å². The molecular formula is C15H24N2O3S. The maximum Gasteiger partial charge on any atom is 0.246 e. The summed E-state index contributed by atoms with van der Waals surface area (Å²) in [6, 6.07) is 0. The van der Waals surface area contributed by atoms with Gasteiger partial charge < -0.3 is 9.73 Å². The SMILES string of the molecule is CNCc1c(C)oc(C)c1S(=O)(=O)N1CC2CCCC2C1. The van der Waals surface area contributed by atoms with Crippen molar-refractivity contribution in [1.82, 2.24) is 9.62 Å². The van der Waals surface area contributed by atoms with Crippen molar-refractivity contribution in [1.29, 1.82) is 0 Å². The van der Waals surface area contributed by atoms with E-state index in [0.29, 0.717) is 47.9 Å². The van der Waals surface area contributed by atoms with Gasteiger partial charge in [-0.1, -0.05) is 6.42 Å². The largest absolute Gasteiger partial charge is 0.465 e. The van der Waals surface area contributed by atoms with E-state index in [0.717, 1.165) is 5.56 Å². The molecular weight excluding hydrogens is 288 g/mol. The fourth-order valence-electron chi connectivity index (χ4n) is 3.95. The summed E-state index contributed by atoms with van der Waals surface area (Å²) in [5, 5.41) is 3.04. The van der Waals surface area contributed by atoms with Crippen LogP contribution in [0, 0.1) is 25.7 Å². The average Bonchev–Trinajstić information content (AvgIpc) is 3.03. The number of aryl methyl sites for hydroxylation is 2. The highest BCUT2D eigenvalue weighted by molar-refractivity contribution is 7.89. The maximum absolute atomic E-state index is 13.0. The molecule has 2 atom stereocenters. The second-order valence-electron chi connectivity index (χ2n) is 6.33. The van der Waals surface area contributed by atoms with Crippen LogP contribution in [-0.2, 0) is 16.6 Å². The lowest BCUT2D eigenvalue weighted by molar-refractivity contribution is 0.441. The molecule has 0 spiro atoms. The fraction of sp³-hybridized carbons (Fsp3) is 0.733. The molecule has 1 saturated heterocycles. The van der Waals surface area contributed by atoms with Crippen LogP contribution in [0.25, 0.3) is 0 Å². The van der Waals surface area contributed by atoms with Crippen LogP contribution in [0.1, 0.15) is 36.3 Å². The molecule has 0 radical (unpaired) electrons. The van der Waals surface area contributed by atoms with Gasteiger partial charge in [-0.15, -0.1) is 0 Å². The Morgan fingerprint density at radius 1 is 1.19 bits per heavy atom. The van der Waals surface area contributed by atoms with Gasteiger partial charge in [-0.3, -0.25) is 0 Å². The van der Waals surface area contributed by atoms with Crippen molar-refractivity contribution in [3.8, 4) is 0 Å². The van der Waals surface area contributed by atoms with E-state index in [-0.39, 0.29) is 0 Å². The molecule has 21 heavy (non-hydrogen) atoms. The Bertz CT molecular complexity index is 624. The first-order valence-corrected chi connectivity index (χ1v) is 9.12. The van der Waals surface area contributed by atoms with Crippen LogP contribution in [-0.4, -0.2) is 32.9 Å². The summed E-state index contributed by atoms with van der Waals surface area (Å²) in [5.41, 5.74) is 0.770. The van der Waals surface area contributed by atoms with Crippen LogP contribution in [0.3, 0.4) is 0 Å². The molecule has 0 bridgehead atoms. The number of sulfonamides is 1. The third-order valence-corrected chi connectivity index (χ3v) is 7.00. The molecule has 5 nitrogen and oxygen atoms in total. The van der Waals surface area contributed by atoms with Crippen molar-refractivity contribution in [2.45, 2.75) is 44.6 Å². The molecule has 0 aromatic carbocycles. The van der Waals surface area contributed by atoms with E-state index in [1.165, 1.54) is 19.3 Å². The van der Waals surface area contributed by atoms with Crippen LogP contribution in [0.5, 0.6) is 0 Å². The molecule has 1 aliphatic heterocycles. The second-order valence-corrected chi connectivity index (χ2v) is 8.20. The maximum atomic E-state index is 13.0. The molecule has 3 rings (SSSR count). The Labute approximate surface area is 126 Å². The molecule has 1 N–H and O–H groups in total. The zero-order chi connectivity index (χ0) is 15.2. The van der Waals surface area contributed by atoms with Gasteiger partial charge in [0.15, 0.2) is 0 Å². The summed E-state index contributed by atoms with van der Waals surface area (Å²) in [6.07, 6.45) is 3.59. The molecule has 2 heterocycles. The Balaban J connectivity index is 1.95. The summed E-state index contributed by atoms with van der Waals surface area (Å²) in [6.45, 7) is 5.44. The number of hydrogen-bond donors (Lipinski definition) is 1. The zero-order valence-electron chi connectivity index (χ0n) is 13.0. The Kier molecular flexibility index (Phi) is 3.88. The van der Waals surface area contributed by atoms with E-state index in [9.17, 15) is 8.42 Å². The predicted molar refractivity (Wildman–Crippen MR) is 80.5 cm³/mol. The van der Waals surface area contributed by atoms with Crippen LogP contribution < -0.4 is 5.32 Å². The lowest BCUT2D eigenvalue weighted by Crippen LogP contribution is -2.31. The highest BCUT2D eigenvalue weighted by Crippen LogP contribution is 2.41. The molecule has 6 heteroatoms. The number of nitrogens with one attached hydrogen (secondary N) is 1. The van der Waals surface area contributed by atoms with Crippen molar-refractivity contribution in [2.75, 3.05) is 20.1 Å². The predicted octanol–water partition coefficient (Wildman–Crippen LogP) is 2.04. The van der Waals surface area contributed by atoms with Crippen molar-refractivity contribution in [2.24, 2.45) is 11.8 Å². The van der Waals surface area contributed by atoms with E-state index in [2.05, 4.69) is 5.32 Å². The molecule has 0 amide bonds. The lowest BCUT2D eigenvalue weighted by Gasteiger charge is -2.18. The monoisotopic (exact) mass is 312 g/mol. The Hall–Kier alpha value is -0.850. The van der Waals surface area contributed by atoms with Gasteiger partial charge >= 0.3 is 0 Å². The highest BCUT2D eigenvalue weighted by atomic mass is 32.2. The average molecular weight is 312 g/mol. The van der Waals surface area contributed by atoms with E-state index in [1.54, 1.807) is 11.2 Å². The van der Waals surface area contributed by atoms with Gasteiger partial charge in [-0.2, -0.15) is 4.31 Å². The molecule has 1 aliphatic carbocycles. The van der Waals surface area contributed by atoms with E-state index in [4.69, 9.17) is 4.42 Å². The second kappa shape index (κ2) is 5.41. The summed E-state index contributed by atoms with van der Waals surface area (Å²) < 4.78 is 33.3. The fourth-order valence-corrected chi connectivity index (χ4v) is 5.91. The minimum atomic E-state index is -3.44. The minimum Gasteiger partial charge on any atom is -0.465 e. The molecule has 1 saturated carbocycles. The van der Waals surface area contributed by atoms with E-state index < -0.39 is 10.0 Å². The standard InChI is InChI=1S/C15H24N2O3S/c1-10-14(7-16-3)15(11(2)20-10)21(18,19)17-8-12-5-4-6-13(12)9-17/h12-13,16H,4-9H2,1-3H3. The highest BCUT2D eigenvalue weighted by Gasteiger charge is 2.43. The van der Waals surface area contributed by atoms with Crippen molar-refractivity contribution in [3.63, 3.8) is 0 Å². The Morgan fingerprint density at radius 2 is 1.81 bits per heavy atom. The topological polar surface area (TPSA) is 62.6 Å². The first-order valence-electron chi connectivity index (χ1n) is 7.68. The normalized spacial score (nSPS) is 26.4. The molecule has 1 aromatic rings. The summed E-state index contributed by atoms with van der Waals surface area (Å²) in [5.74, 6) is 2.32. The van der Waals surface area contributed by atoms with Gasteiger partial charge in [0.1, 0.15) is 16.4 Å². The van der Waals surface area contributed by atoms with Gasteiger partial charge in [-0.05, 0) is 45.6 Å². The van der Waals surface area contributed by atoms with Gasteiger partial charge in [0, 0.05) is 25.2 Å². The summed E-state index contributed by atoms with van der Waals surface area (Å²) >= 11 is 0. The molecule has 1 aromatic heterocycles. The molecule has 2 aliphatic rings. The number of rotatable bonds is 4. The Morgan fingerprint density at radius 3 is 2.38 bits per heavy atom. The third kappa shape index (κ3) is 2.43. The smallest absolute Gasteiger partial charge is 0.246 e. The first kappa shape index (κ1) is 15.1. The van der Waals surface area contributed by atoms with E-state index >= 15 is 0 Å². The van der Waals surface area contributed by atoms with Gasteiger partial charge in [-0.25, -0.2) is 8.42 Å². The molecule has 2 fully saturated rings. The van der Waals surface area contributed by atoms with E-state index in [1.807, 2.05) is 14.0 Å². The lowest BCUT2D eigenvalue weighted by atomic mass is 10.0. The number of furan rings is 1. The number of hydrogen-bond acceptors (Lipinski definition) is 4. The van der Waals surface area contributed by atoms with Crippen molar-refractivity contribution < 1.29 is 12.8 Å². The minimum absolute atomic E-state index is 0.384. The van der Waals surface area contributed by atoms with Gasteiger partial charge in [0.2, 0.25) is 10.0 Å². The van der Waals surface area contributed by atoms with Crippen LogP contribution in [0.2, 0.25) is 0 Å².